The van der Waals surface area contributed by atoms with E-state index in [2.05, 4.69) is 48.8 Å². The van der Waals surface area contributed by atoms with Gasteiger partial charge in [0.05, 0.1) is 0 Å². The molecular weight excluding hydrogens is 489 g/mol. The van der Waals surface area contributed by atoms with Gasteiger partial charge in [-0.25, -0.2) is 0 Å². The van der Waals surface area contributed by atoms with Gasteiger partial charge in [-0.15, -0.1) is 0 Å². The molecule has 1 unspecified atom stereocenters. The quantitative estimate of drug-likeness (QED) is 0.271. The Bertz CT molecular complexity index is 733. The second-order valence-electron chi connectivity index (χ2n) is 9.12. The molecule has 31 heavy (non-hydrogen) atoms. The molecule has 3 rings (SSSR count). The Labute approximate surface area is 199 Å². The first-order chi connectivity index (χ1) is 15.2. The van der Waals surface area contributed by atoms with Crippen molar-refractivity contribution >= 4 is 24.9 Å². The fourth-order valence-electron chi connectivity index (χ4n) is 4.72. The normalized spacial score (nSPS) is 17.2. The Morgan fingerprint density at radius 2 is 1.65 bits per heavy atom. The van der Waals surface area contributed by atoms with Crippen LogP contribution in [0.25, 0.3) is 11.1 Å². The van der Waals surface area contributed by atoms with E-state index in [1.54, 1.807) is 3.71 Å². The van der Waals surface area contributed by atoms with E-state index in [9.17, 15) is 0 Å². The number of pyridine rings is 1. The van der Waals surface area contributed by atoms with Gasteiger partial charge < -0.3 is 0 Å². The van der Waals surface area contributed by atoms with Gasteiger partial charge >= 0.3 is 200 Å². The van der Waals surface area contributed by atoms with E-state index in [1.165, 1.54) is 81.8 Å². The molecule has 0 bridgehead atoms. The van der Waals surface area contributed by atoms with Crippen LogP contribution in [0.5, 0.6) is 0 Å². The predicted molar refractivity (Wildman–Crippen MR) is 131 cm³/mol. The van der Waals surface area contributed by atoms with Gasteiger partial charge in [-0.1, -0.05) is 0 Å². The fourth-order valence-corrected chi connectivity index (χ4v) is 10.6. The van der Waals surface area contributed by atoms with Gasteiger partial charge in [0.25, 0.3) is 0 Å². The molecule has 1 aliphatic rings. The molecule has 1 saturated heterocycles. The number of hydrogen-bond acceptors (Lipinski definition) is 3. The molecule has 3 heterocycles. The van der Waals surface area contributed by atoms with E-state index in [0.29, 0.717) is 3.43 Å². The van der Waals surface area contributed by atoms with Gasteiger partial charge in [0.1, 0.15) is 0 Å². The molecule has 5 heteroatoms. The maximum absolute atomic E-state index is 6.23. The van der Waals surface area contributed by atoms with Gasteiger partial charge in [0.2, 0.25) is 0 Å². The number of ether oxygens (including phenoxy) is 1. The molecule has 4 nitrogen and oxygen atoms in total. The van der Waals surface area contributed by atoms with Crippen molar-refractivity contribution < 1.29 is 4.74 Å². The van der Waals surface area contributed by atoms with E-state index in [1.807, 2.05) is 12.4 Å². The van der Waals surface area contributed by atoms with Crippen molar-refractivity contribution in [2.24, 2.45) is 0 Å². The minimum absolute atomic E-state index is 0.126. The Hall–Kier alpha value is -0.881. The van der Waals surface area contributed by atoms with Gasteiger partial charge in [-0.2, -0.15) is 0 Å². The summed E-state index contributed by atoms with van der Waals surface area (Å²) in [6.45, 7) is 7.90. The average Bonchev–Trinajstić information content (AvgIpc) is 3.24. The molecule has 0 saturated carbocycles. The first-order valence-electron chi connectivity index (χ1n) is 12.6. The Morgan fingerprint density at radius 3 is 2.19 bits per heavy atom. The van der Waals surface area contributed by atoms with Crippen LogP contribution in [-0.2, 0) is 4.74 Å². The van der Waals surface area contributed by atoms with Crippen LogP contribution >= 0.6 is 0 Å². The van der Waals surface area contributed by atoms with Crippen molar-refractivity contribution in [3.8, 4) is 11.1 Å². The van der Waals surface area contributed by atoms with E-state index in [-0.39, 0.29) is 6.23 Å². The predicted octanol–water partition coefficient (Wildman–Crippen LogP) is 6.70. The summed E-state index contributed by atoms with van der Waals surface area (Å²) in [5.74, 6) is 0. The number of aromatic nitrogens is 3. The van der Waals surface area contributed by atoms with Crippen LogP contribution in [0.1, 0.15) is 104 Å². The Kier molecular flexibility index (Phi) is 10.4. The Morgan fingerprint density at radius 1 is 1.00 bits per heavy atom. The summed E-state index contributed by atoms with van der Waals surface area (Å²) in [7, 11) is 0. The zero-order valence-corrected chi connectivity index (χ0v) is 22.8. The van der Waals surface area contributed by atoms with Gasteiger partial charge in [-0.05, 0) is 0 Å². The van der Waals surface area contributed by atoms with Crippen molar-refractivity contribution in [2.75, 3.05) is 6.61 Å². The van der Waals surface area contributed by atoms with Crippen molar-refractivity contribution in [3.63, 3.8) is 0 Å². The van der Waals surface area contributed by atoms with Gasteiger partial charge in [-0.3, -0.25) is 0 Å². The molecule has 1 aliphatic heterocycles. The van der Waals surface area contributed by atoms with Crippen LogP contribution < -0.4 is 3.71 Å². The third-order valence-corrected chi connectivity index (χ3v) is 12.4. The third-order valence-electron chi connectivity index (χ3n) is 6.63. The zero-order valence-electron chi connectivity index (χ0n) is 19.9. The van der Waals surface area contributed by atoms with Crippen LogP contribution in [0, 0.1) is 0 Å². The molecule has 0 amide bonds. The van der Waals surface area contributed by atoms with Crippen LogP contribution in [0.3, 0.4) is 0 Å². The molecule has 0 spiro atoms. The first-order valence-corrected chi connectivity index (χ1v) is 15.5. The van der Waals surface area contributed by atoms with E-state index < -0.39 is 21.1 Å². The average molecular weight is 530 g/mol. The molecule has 2 radical (unpaired) electrons. The second kappa shape index (κ2) is 13.0. The van der Waals surface area contributed by atoms with Gasteiger partial charge in [0.15, 0.2) is 0 Å². The van der Waals surface area contributed by atoms with Crippen molar-refractivity contribution in [1.82, 2.24) is 14.8 Å². The Balaban J connectivity index is 2.01. The number of rotatable bonds is 13. The van der Waals surface area contributed by atoms with Crippen molar-refractivity contribution in [2.45, 2.75) is 107 Å². The van der Waals surface area contributed by atoms with Crippen molar-refractivity contribution in [1.29, 1.82) is 0 Å². The number of hydrogen-bond donors (Lipinski definition) is 0. The SMILES string of the molecule is CCCC[C](CCCC)(CCCC)[Sn][c]1c(-c2ccncc2)cnn1C1CCCCO1. The molecule has 0 N–H and O–H groups in total. The molecule has 2 aromatic rings. The van der Waals surface area contributed by atoms with Gasteiger partial charge in [0, 0.05) is 0 Å². The second-order valence-corrected chi connectivity index (χ2v) is 14.2. The zero-order chi connectivity index (χ0) is 21.9. The first kappa shape index (κ1) is 24.8. The monoisotopic (exact) mass is 531 g/mol. The third kappa shape index (κ3) is 6.80. The van der Waals surface area contributed by atoms with Crippen LogP contribution in [0.4, 0.5) is 0 Å². The molecule has 170 valence electrons. The van der Waals surface area contributed by atoms with E-state index >= 15 is 0 Å². The topological polar surface area (TPSA) is 39.9 Å². The maximum atomic E-state index is 6.23. The molecular formula is C26H41N3OSn. The fraction of sp³-hybridized carbons (Fsp3) is 0.692. The summed E-state index contributed by atoms with van der Waals surface area (Å²) in [5, 5.41) is 4.95. The summed E-state index contributed by atoms with van der Waals surface area (Å²) >= 11 is -0.944. The minimum atomic E-state index is -0.944. The summed E-state index contributed by atoms with van der Waals surface area (Å²) < 4.78 is 10.6. The van der Waals surface area contributed by atoms with Crippen LogP contribution in [0.2, 0.25) is 3.43 Å². The molecule has 1 fully saturated rings. The van der Waals surface area contributed by atoms with Crippen LogP contribution in [-0.4, -0.2) is 42.5 Å². The summed E-state index contributed by atoms with van der Waals surface area (Å²) in [4.78, 5) is 4.26. The molecule has 2 aromatic heterocycles. The summed E-state index contributed by atoms with van der Waals surface area (Å²) in [5.41, 5.74) is 2.61. The summed E-state index contributed by atoms with van der Waals surface area (Å²) in [6, 6.07) is 4.30. The summed E-state index contributed by atoms with van der Waals surface area (Å²) in [6.07, 6.45) is 21.7. The number of nitrogens with zero attached hydrogens (tertiary/aromatic N) is 3. The van der Waals surface area contributed by atoms with E-state index in [0.717, 1.165) is 13.0 Å². The van der Waals surface area contributed by atoms with Crippen molar-refractivity contribution in [3.05, 3.63) is 30.7 Å². The molecule has 0 aliphatic carbocycles. The van der Waals surface area contributed by atoms with E-state index in [4.69, 9.17) is 9.84 Å². The van der Waals surface area contributed by atoms with Crippen LogP contribution in [0.15, 0.2) is 30.7 Å². The molecule has 0 aromatic carbocycles. The number of unbranched alkanes of at least 4 members (excludes halogenated alkanes) is 3. The standard InChI is InChI=1S/C13H14N3O.C13H27.Sn/c1-2-8-17-13(3-1)16-10-12(9-15-16)11-4-6-14-7-5-11;1-4-7-10-13(11-8-5-2)12-9-6-3;/h4-7,9,13H,1-3,8H2;4-12H2,1-3H3;. The molecule has 1 atom stereocenters.